The number of aromatic amines is 1. The normalized spacial score (nSPS) is 11.6. The number of fused-ring (bicyclic) bond motifs is 1. The van der Waals surface area contributed by atoms with Crippen molar-refractivity contribution in [2.45, 2.75) is 4.90 Å². The van der Waals surface area contributed by atoms with Gasteiger partial charge in [-0.25, -0.2) is 8.42 Å². The van der Waals surface area contributed by atoms with Crippen LogP contribution >= 0.6 is 11.3 Å². The first kappa shape index (κ1) is 12.9. The molecule has 102 valence electrons. The summed E-state index contributed by atoms with van der Waals surface area (Å²) >= 11 is 1.58. The van der Waals surface area contributed by atoms with Gasteiger partial charge >= 0.3 is 0 Å². The zero-order valence-corrected chi connectivity index (χ0v) is 11.8. The molecule has 0 radical (unpaired) electrons. The van der Waals surface area contributed by atoms with Crippen molar-refractivity contribution in [3.05, 3.63) is 58.3 Å². The number of thiophene rings is 1. The maximum atomic E-state index is 12.2. The summed E-state index contributed by atoms with van der Waals surface area (Å²) in [5.74, 6) is 0. The highest BCUT2D eigenvalue weighted by molar-refractivity contribution is 7.92. The van der Waals surface area contributed by atoms with Gasteiger partial charge in [-0.15, -0.1) is 11.3 Å². The molecule has 1 aromatic carbocycles. The predicted octanol–water partition coefficient (Wildman–Crippen LogP) is 2.39. The van der Waals surface area contributed by atoms with Gasteiger partial charge in [-0.3, -0.25) is 9.52 Å². The van der Waals surface area contributed by atoms with Gasteiger partial charge in [0.15, 0.2) is 4.90 Å². The summed E-state index contributed by atoms with van der Waals surface area (Å²) in [6.45, 7) is 0. The monoisotopic (exact) mass is 306 g/mol. The minimum absolute atomic E-state index is 0.301. The van der Waals surface area contributed by atoms with E-state index in [0.29, 0.717) is 5.69 Å². The third-order valence-electron chi connectivity index (χ3n) is 2.78. The largest absolute Gasteiger partial charge is 0.366 e. The number of rotatable bonds is 3. The second-order valence-electron chi connectivity index (χ2n) is 4.15. The summed E-state index contributed by atoms with van der Waals surface area (Å²) in [7, 11) is -3.89. The van der Waals surface area contributed by atoms with Crippen molar-refractivity contribution in [2.24, 2.45) is 0 Å². The second-order valence-corrected chi connectivity index (χ2v) is 6.75. The Balaban J connectivity index is 2.01. The summed E-state index contributed by atoms with van der Waals surface area (Å²) in [5, 5.41) is 2.89. The quantitative estimate of drug-likeness (QED) is 0.780. The molecule has 2 heterocycles. The summed E-state index contributed by atoms with van der Waals surface area (Å²) in [4.78, 5) is 13.9. The minimum Gasteiger partial charge on any atom is -0.366 e. The van der Waals surface area contributed by atoms with Crippen LogP contribution in [0.15, 0.2) is 57.8 Å². The molecule has 5 nitrogen and oxygen atoms in total. The average Bonchev–Trinajstić information content (AvgIpc) is 2.86. The van der Waals surface area contributed by atoms with Crippen molar-refractivity contribution in [2.75, 3.05) is 4.72 Å². The molecular weight excluding hydrogens is 296 g/mol. The number of pyridine rings is 1. The molecule has 0 spiro atoms. The molecule has 0 aliphatic heterocycles. The smallest absolute Gasteiger partial charge is 0.267 e. The van der Waals surface area contributed by atoms with E-state index in [0.717, 1.165) is 10.1 Å². The van der Waals surface area contributed by atoms with E-state index in [2.05, 4.69) is 9.71 Å². The zero-order chi connectivity index (χ0) is 14.2. The lowest BCUT2D eigenvalue weighted by molar-refractivity contribution is 0.600. The standard InChI is InChI=1S/C13H10N2O3S2/c16-11-3-5-14-8-13(11)20(17,18)15-10-1-2-12-9(7-10)4-6-19-12/h1-8,15H,(H,14,16). The SMILES string of the molecule is O=c1cc[nH]cc1S(=O)(=O)Nc1ccc2sccc2c1. The topological polar surface area (TPSA) is 79.0 Å². The molecule has 2 aromatic heterocycles. The first-order valence-electron chi connectivity index (χ1n) is 5.73. The highest BCUT2D eigenvalue weighted by atomic mass is 32.2. The van der Waals surface area contributed by atoms with E-state index in [1.807, 2.05) is 17.5 Å². The maximum absolute atomic E-state index is 12.2. The van der Waals surface area contributed by atoms with E-state index in [1.165, 1.54) is 18.5 Å². The van der Waals surface area contributed by atoms with Gasteiger partial charge in [-0.05, 0) is 35.0 Å². The van der Waals surface area contributed by atoms with Crippen LogP contribution in [0.1, 0.15) is 0 Å². The number of H-pyrrole nitrogens is 1. The van der Waals surface area contributed by atoms with Gasteiger partial charge in [0.1, 0.15) is 0 Å². The molecule has 0 unspecified atom stereocenters. The van der Waals surface area contributed by atoms with E-state index in [4.69, 9.17) is 0 Å². The highest BCUT2D eigenvalue weighted by Gasteiger charge is 2.17. The van der Waals surface area contributed by atoms with Gasteiger partial charge < -0.3 is 4.98 Å². The molecule has 0 amide bonds. The van der Waals surface area contributed by atoms with Crippen LogP contribution in [0.2, 0.25) is 0 Å². The summed E-state index contributed by atoms with van der Waals surface area (Å²) in [6.07, 6.45) is 2.56. The number of nitrogens with one attached hydrogen (secondary N) is 2. The first-order valence-corrected chi connectivity index (χ1v) is 8.10. The van der Waals surface area contributed by atoms with Crippen LogP contribution in [0.3, 0.4) is 0 Å². The van der Waals surface area contributed by atoms with Gasteiger partial charge in [0.05, 0.1) is 0 Å². The van der Waals surface area contributed by atoms with E-state index >= 15 is 0 Å². The van der Waals surface area contributed by atoms with E-state index in [1.54, 1.807) is 23.5 Å². The molecule has 0 aliphatic rings. The third-order valence-corrected chi connectivity index (χ3v) is 5.08. The molecule has 0 fully saturated rings. The van der Waals surface area contributed by atoms with Crippen molar-refractivity contribution >= 4 is 37.1 Å². The summed E-state index contributed by atoms with van der Waals surface area (Å²) in [6, 6.07) is 8.34. The van der Waals surface area contributed by atoms with E-state index in [-0.39, 0.29) is 4.90 Å². The summed E-state index contributed by atoms with van der Waals surface area (Å²) < 4.78 is 27.8. The number of hydrogen-bond acceptors (Lipinski definition) is 4. The van der Waals surface area contributed by atoms with E-state index < -0.39 is 15.5 Å². The van der Waals surface area contributed by atoms with Crippen molar-refractivity contribution in [1.29, 1.82) is 0 Å². The Labute approximate surface area is 119 Å². The molecule has 0 bridgehead atoms. The third kappa shape index (κ3) is 2.33. The lowest BCUT2D eigenvalue weighted by atomic mass is 10.2. The van der Waals surface area contributed by atoms with Gasteiger partial charge in [-0.1, -0.05) is 0 Å². The van der Waals surface area contributed by atoms with Crippen LogP contribution < -0.4 is 10.2 Å². The Kier molecular flexibility index (Phi) is 3.07. The van der Waals surface area contributed by atoms with Gasteiger partial charge in [0, 0.05) is 28.8 Å². The molecule has 0 atom stereocenters. The van der Waals surface area contributed by atoms with Crippen molar-refractivity contribution in [1.82, 2.24) is 4.98 Å². The van der Waals surface area contributed by atoms with Crippen LogP contribution in [0.5, 0.6) is 0 Å². The van der Waals surface area contributed by atoms with Crippen LogP contribution in [0, 0.1) is 0 Å². The lowest BCUT2D eigenvalue weighted by Gasteiger charge is -2.07. The Morgan fingerprint density at radius 2 is 2.00 bits per heavy atom. The van der Waals surface area contributed by atoms with Crippen LogP contribution in [-0.4, -0.2) is 13.4 Å². The minimum atomic E-state index is -3.89. The molecule has 20 heavy (non-hydrogen) atoms. The van der Waals surface area contributed by atoms with Crippen molar-refractivity contribution < 1.29 is 8.42 Å². The fourth-order valence-corrected chi connectivity index (χ4v) is 3.73. The fourth-order valence-electron chi connectivity index (χ4n) is 1.85. The lowest BCUT2D eigenvalue weighted by Crippen LogP contribution is -2.20. The number of sulfonamides is 1. The Bertz CT molecular complexity index is 926. The Hall–Kier alpha value is -2.12. The predicted molar refractivity (Wildman–Crippen MR) is 79.7 cm³/mol. The molecule has 2 N–H and O–H groups in total. The fraction of sp³-hybridized carbons (Fsp3) is 0. The van der Waals surface area contributed by atoms with E-state index in [9.17, 15) is 13.2 Å². The molecule has 0 saturated carbocycles. The Morgan fingerprint density at radius 3 is 2.80 bits per heavy atom. The maximum Gasteiger partial charge on any atom is 0.267 e. The van der Waals surface area contributed by atoms with Crippen LogP contribution in [0.25, 0.3) is 10.1 Å². The van der Waals surface area contributed by atoms with Gasteiger partial charge in [0.25, 0.3) is 10.0 Å². The summed E-state index contributed by atoms with van der Waals surface area (Å²) in [5.41, 5.74) is -0.119. The van der Waals surface area contributed by atoms with Gasteiger partial charge in [0.2, 0.25) is 5.43 Å². The van der Waals surface area contributed by atoms with Crippen molar-refractivity contribution in [3.63, 3.8) is 0 Å². The van der Waals surface area contributed by atoms with Crippen molar-refractivity contribution in [3.8, 4) is 0 Å². The first-order chi connectivity index (χ1) is 9.56. The second kappa shape index (κ2) is 4.77. The molecule has 3 rings (SSSR count). The molecule has 7 heteroatoms. The number of anilines is 1. The molecule has 3 aromatic rings. The van der Waals surface area contributed by atoms with Crippen LogP contribution in [0.4, 0.5) is 5.69 Å². The highest BCUT2D eigenvalue weighted by Crippen LogP contribution is 2.25. The van der Waals surface area contributed by atoms with Crippen LogP contribution in [-0.2, 0) is 10.0 Å². The number of hydrogen-bond donors (Lipinski definition) is 2. The zero-order valence-electron chi connectivity index (χ0n) is 10.2. The molecule has 0 saturated heterocycles. The van der Waals surface area contributed by atoms with Gasteiger partial charge in [-0.2, -0.15) is 0 Å². The molecule has 0 aliphatic carbocycles. The molecular formula is C13H10N2O3S2. The Morgan fingerprint density at radius 1 is 1.15 bits per heavy atom. The average molecular weight is 306 g/mol. The number of benzene rings is 1. The number of aromatic nitrogens is 1.